The zero-order valence-corrected chi connectivity index (χ0v) is 11.3. The third-order valence-corrected chi connectivity index (χ3v) is 3.48. The molecule has 0 N–H and O–H groups in total. The van der Waals surface area contributed by atoms with Crippen molar-refractivity contribution in [2.45, 2.75) is 20.3 Å². The second kappa shape index (κ2) is 5.65. The summed E-state index contributed by atoms with van der Waals surface area (Å²) in [4.78, 5) is 4.17. The summed E-state index contributed by atoms with van der Waals surface area (Å²) in [5, 5.41) is 11.4. The molecule has 0 radical (unpaired) electrons. The van der Waals surface area contributed by atoms with Gasteiger partial charge in [0.25, 0.3) is 0 Å². The summed E-state index contributed by atoms with van der Waals surface area (Å²) in [5.41, 5.74) is 2.87. The first kappa shape index (κ1) is 12.6. The number of hydrogen-bond acceptors (Lipinski definition) is 4. The van der Waals surface area contributed by atoms with E-state index in [1.54, 1.807) is 5.38 Å². The molecule has 0 atom stereocenters. The highest BCUT2D eigenvalue weighted by Crippen LogP contribution is 2.19. The molecular formula is C14H14N2OS. The predicted octanol–water partition coefficient (Wildman–Crippen LogP) is 3.25. The minimum Gasteiger partial charge on any atom is -0.493 e. The molecule has 18 heavy (non-hydrogen) atoms. The fourth-order valence-electron chi connectivity index (χ4n) is 1.69. The summed E-state index contributed by atoms with van der Waals surface area (Å²) in [7, 11) is 0. The molecule has 0 unspecified atom stereocenters. The molecule has 0 bridgehead atoms. The van der Waals surface area contributed by atoms with E-state index in [0.29, 0.717) is 12.3 Å². The highest BCUT2D eigenvalue weighted by Gasteiger charge is 2.03. The Morgan fingerprint density at radius 2 is 2.22 bits per heavy atom. The van der Waals surface area contributed by atoms with Crippen LogP contribution in [0.1, 0.15) is 21.8 Å². The topological polar surface area (TPSA) is 45.9 Å². The van der Waals surface area contributed by atoms with E-state index in [2.05, 4.69) is 18.0 Å². The van der Waals surface area contributed by atoms with Gasteiger partial charge >= 0.3 is 0 Å². The second-order valence-electron chi connectivity index (χ2n) is 4.11. The molecule has 1 heterocycles. The largest absolute Gasteiger partial charge is 0.493 e. The van der Waals surface area contributed by atoms with Gasteiger partial charge in [0, 0.05) is 11.8 Å². The highest BCUT2D eigenvalue weighted by atomic mass is 32.1. The molecule has 1 aromatic heterocycles. The van der Waals surface area contributed by atoms with Gasteiger partial charge < -0.3 is 4.74 Å². The van der Waals surface area contributed by atoms with Crippen molar-refractivity contribution in [2.75, 3.05) is 6.61 Å². The Morgan fingerprint density at radius 3 is 2.89 bits per heavy atom. The molecule has 0 aliphatic rings. The number of benzene rings is 1. The summed E-state index contributed by atoms with van der Waals surface area (Å²) < 4.78 is 5.72. The molecule has 4 heteroatoms. The van der Waals surface area contributed by atoms with Crippen LogP contribution in [-0.4, -0.2) is 11.6 Å². The minimum absolute atomic E-state index is 0.488. The maximum Gasteiger partial charge on any atom is 0.151 e. The maximum absolute atomic E-state index is 8.68. The van der Waals surface area contributed by atoms with E-state index < -0.39 is 0 Å². The van der Waals surface area contributed by atoms with Crippen LogP contribution in [0.5, 0.6) is 5.75 Å². The lowest BCUT2D eigenvalue weighted by atomic mass is 10.1. The highest BCUT2D eigenvalue weighted by molar-refractivity contribution is 7.09. The number of aromatic nitrogens is 1. The monoisotopic (exact) mass is 258 g/mol. The molecule has 0 aliphatic carbocycles. The van der Waals surface area contributed by atoms with E-state index in [-0.39, 0.29) is 0 Å². The van der Waals surface area contributed by atoms with Crippen LogP contribution < -0.4 is 4.74 Å². The SMILES string of the molecule is Cc1ccc(OCCc2nc(C#N)cs2)c(C)c1. The Hall–Kier alpha value is -1.86. The van der Waals surface area contributed by atoms with Crippen LogP contribution >= 0.6 is 11.3 Å². The average Bonchev–Trinajstić information content (AvgIpc) is 2.80. The number of nitriles is 1. The normalized spacial score (nSPS) is 10.1. The molecular weight excluding hydrogens is 244 g/mol. The van der Waals surface area contributed by atoms with E-state index in [1.807, 2.05) is 25.1 Å². The molecule has 0 spiro atoms. The van der Waals surface area contributed by atoms with E-state index in [1.165, 1.54) is 16.9 Å². The molecule has 0 saturated carbocycles. The molecule has 1 aromatic carbocycles. The zero-order chi connectivity index (χ0) is 13.0. The summed E-state index contributed by atoms with van der Waals surface area (Å²) in [6, 6.07) is 8.17. The van der Waals surface area contributed by atoms with Crippen LogP contribution in [0, 0.1) is 25.2 Å². The maximum atomic E-state index is 8.68. The van der Waals surface area contributed by atoms with Crippen molar-refractivity contribution in [1.29, 1.82) is 5.26 Å². The third kappa shape index (κ3) is 3.08. The predicted molar refractivity (Wildman–Crippen MR) is 71.9 cm³/mol. The second-order valence-corrected chi connectivity index (χ2v) is 5.05. The third-order valence-electron chi connectivity index (χ3n) is 2.57. The summed E-state index contributed by atoms with van der Waals surface area (Å²) in [6.07, 6.45) is 0.736. The first-order valence-electron chi connectivity index (χ1n) is 5.73. The fourth-order valence-corrected chi connectivity index (χ4v) is 2.39. The van der Waals surface area contributed by atoms with Crippen molar-refractivity contribution in [3.63, 3.8) is 0 Å². The number of aryl methyl sites for hydroxylation is 2. The lowest BCUT2D eigenvalue weighted by Crippen LogP contribution is -2.02. The van der Waals surface area contributed by atoms with Gasteiger partial charge in [0.1, 0.15) is 11.8 Å². The summed E-state index contributed by atoms with van der Waals surface area (Å²) in [5.74, 6) is 0.915. The molecule has 0 saturated heterocycles. The van der Waals surface area contributed by atoms with Crippen molar-refractivity contribution < 1.29 is 4.74 Å². The molecule has 3 nitrogen and oxygen atoms in total. The van der Waals surface area contributed by atoms with Crippen LogP contribution in [0.2, 0.25) is 0 Å². The smallest absolute Gasteiger partial charge is 0.151 e. The van der Waals surface area contributed by atoms with Gasteiger partial charge in [0.15, 0.2) is 5.69 Å². The van der Waals surface area contributed by atoms with Crippen LogP contribution in [0.4, 0.5) is 0 Å². The van der Waals surface area contributed by atoms with Crippen molar-refractivity contribution >= 4 is 11.3 Å². The average molecular weight is 258 g/mol. The van der Waals surface area contributed by atoms with E-state index in [4.69, 9.17) is 10.00 Å². The first-order chi connectivity index (χ1) is 8.69. The Labute approximate surface area is 111 Å². The summed E-state index contributed by atoms with van der Waals surface area (Å²) in [6.45, 7) is 4.69. The van der Waals surface area contributed by atoms with Gasteiger partial charge in [0.05, 0.1) is 11.6 Å². The van der Waals surface area contributed by atoms with Gasteiger partial charge in [-0.3, -0.25) is 0 Å². The number of thiazole rings is 1. The number of nitrogens with zero attached hydrogens (tertiary/aromatic N) is 2. The Kier molecular flexibility index (Phi) is 3.96. The molecule has 2 aromatic rings. The molecule has 0 aliphatic heterocycles. The van der Waals surface area contributed by atoms with E-state index >= 15 is 0 Å². The number of rotatable bonds is 4. The van der Waals surface area contributed by atoms with Crippen molar-refractivity contribution in [3.8, 4) is 11.8 Å². The van der Waals surface area contributed by atoms with Crippen LogP contribution in [0.25, 0.3) is 0 Å². The van der Waals surface area contributed by atoms with Gasteiger partial charge in [-0.25, -0.2) is 4.98 Å². The van der Waals surface area contributed by atoms with Gasteiger partial charge in [-0.05, 0) is 25.5 Å². The van der Waals surface area contributed by atoms with Crippen LogP contribution in [-0.2, 0) is 6.42 Å². The standard InChI is InChI=1S/C14H14N2OS/c1-10-3-4-13(11(2)7-10)17-6-5-14-16-12(8-15)9-18-14/h3-4,7,9H,5-6H2,1-2H3. The fraction of sp³-hybridized carbons (Fsp3) is 0.286. The van der Waals surface area contributed by atoms with Gasteiger partial charge in [-0.15, -0.1) is 11.3 Å². The molecule has 92 valence electrons. The Balaban J connectivity index is 1.90. The van der Waals surface area contributed by atoms with Crippen molar-refractivity contribution in [1.82, 2.24) is 4.98 Å². The van der Waals surface area contributed by atoms with Gasteiger partial charge in [0.2, 0.25) is 0 Å². The molecule has 2 rings (SSSR count). The van der Waals surface area contributed by atoms with Crippen molar-refractivity contribution in [3.05, 3.63) is 45.4 Å². The molecule has 0 amide bonds. The van der Waals surface area contributed by atoms with E-state index in [9.17, 15) is 0 Å². The minimum atomic E-state index is 0.488. The van der Waals surface area contributed by atoms with Crippen LogP contribution in [0.3, 0.4) is 0 Å². The summed E-state index contributed by atoms with van der Waals surface area (Å²) >= 11 is 1.50. The Morgan fingerprint density at radius 1 is 1.39 bits per heavy atom. The quantitative estimate of drug-likeness (QED) is 0.845. The van der Waals surface area contributed by atoms with Crippen LogP contribution in [0.15, 0.2) is 23.6 Å². The van der Waals surface area contributed by atoms with Gasteiger partial charge in [-0.2, -0.15) is 5.26 Å². The van der Waals surface area contributed by atoms with E-state index in [0.717, 1.165) is 22.7 Å². The zero-order valence-electron chi connectivity index (χ0n) is 10.4. The van der Waals surface area contributed by atoms with Crippen molar-refractivity contribution in [2.24, 2.45) is 0 Å². The first-order valence-corrected chi connectivity index (χ1v) is 6.61. The Bertz CT molecular complexity index is 584. The lowest BCUT2D eigenvalue weighted by molar-refractivity contribution is 0.319. The number of ether oxygens (including phenoxy) is 1. The lowest BCUT2D eigenvalue weighted by Gasteiger charge is -2.08. The van der Waals surface area contributed by atoms with Gasteiger partial charge in [-0.1, -0.05) is 17.7 Å². The molecule has 0 fully saturated rings. The number of hydrogen-bond donors (Lipinski definition) is 0.